The van der Waals surface area contributed by atoms with E-state index in [-0.39, 0.29) is 21.4 Å². The Labute approximate surface area is 205 Å². The molecule has 0 aliphatic carbocycles. The molecule has 0 atom stereocenters. The quantitative estimate of drug-likeness (QED) is 0.342. The average Bonchev–Trinajstić information content (AvgIpc) is 3.56. The lowest BCUT2D eigenvalue weighted by molar-refractivity contribution is -0.141. The van der Waals surface area contributed by atoms with E-state index in [2.05, 4.69) is 25.6 Å². The summed E-state index contributed by atoms with van der Waals surface area (Å²) in [7, 11) is 0. The first-order chi connectivity index (χ1) is 16.8. The molecule has 0 bridgehead atoms. The zero-order valence-corrected chi connectivity index (χ0v) is 19.6. The van der Waals surface area contributed by atoms with Gasteiger partial charge < -0.3 is 0 Å². The molecule has 1 amide bonds. The van der Waals surface area contributed by atoms with Crippen molar-refractivity contribution in [3.05, 3.63) is 82.2 Å². The van der Waals surface area contributed by atoms with Crippen molar-refractivity contribution in [2.75, 3.05) is 10.4 Å². The standard InChI is InChI=1S/C23H15F3N6OS2/c1-13-19(23(24,25)26)28-21(35-13)30-29-18-17(15-10-6-3-7-11-15)31-32(20(18)33)22-27-16(12-34-22)14-8-4-2-5-9-14/h2-12H,1H3,(H,28,30)/b29-18-. The summed E-state index contributed by atoms with van der Waals surface area (Å²) in [5, 5.41) is 11.8. The number of halogens is 3. The van der Waals surface area contributed by atoms with Gasteiger partial charge in [0, 0.05) is 21.4 Å². The van der Waals surface area contributed by atoms with Gasteiger partial charge in [0.25, 0.3) is 0 Å². The van der Waals surface area contributed by atoms with Crippen LogP contribution in [0.1, 0.15) is 16.1 Å². The Morgan fingerprint density at radius 1 is 0.971 bits per heavy atom. The number of benzene rings is 2. The van der Waals surface area contributed by atoms with Crippen molar-refractivity contribution < 1.29 is 18.0 Å². The van der Waals surface area contributed by atoms with Crippen LogP contribution in [0.2, 0.25) is 0 Å². The first kappa shape index (κ1) is 22.9. The second-order valence-corrected chi connectivity index (χ2v) is 9.35. The van der Waals surface area contributed by atoms with E-state index in [0.717, 1.165) is 21.9 Å². The molecule has 1 aliphatic heterocycles. The lowest BCUT2D eigenvalue weighted by Gasteiger charge is -2.06. The second kappa shape index (κ2) is 9.04. The SMILES string of the molecule is Cc1sc(N/N=C2\C(=O)N(c3nc(-c4ccccc4)cs3)N=C2c2ccccc2)nc1C(F)(F)F. The third kappa shape index (κ3) is 4.57. The topological polar surface area (TPSA) is 82.8 Å². The largest absolute Gasteiger partial charge is 0.434 e. The molecule has 0 unspecified atom stereocenters. The van der Waals surface area contributed by atoms with Gasteiger partial charge in [-0.1, -0.05) is 60.7 Å². The fourth-order valence-corrected chi connectivity index (χ4v) is 4.89. The van der Waals surface area contributed by atoms with Crippen molar-refractivity contribution in [3.8, 4) is 11.3 Å². The number of carbonyl (C=O) groups is 1. The molecule has 0 fully saturated rings. The normalized spacial score (nSPS) is 15.1. The van der Waals surface area contributed by atoms with E-state index in [9.17, 15) is 18.0 Å². The maximum atomic E-state index is 13.3. The fourth-order valence-electron chi connectivity index (χ4n) is 3.33. The molecule has 0 spiro atoms. The zero-order chi connectivity index (χ0) is 24.6. The van der Waals surface area contributed by atoms with Gasteiger partial charge in [0.15, 0.2) is 11.4 Å². The van der Waals surface area contributed by atoms with Crippen molar-refractivity contribution in [1.82, 2.24) is 9.97 Å². The van der Waals surface area contributed by atoms with E-state index in [1.807, 2.05) is 41.8 Å². The second-order valence-electron chi connectivity index (χ2n) is 7.31. The number of hydrogen-bond donors (Lipinski definition) is 1. The van der Waals surface area contributed by atoms with E-state index in [1.54, 1.807) is 24.3 Å². The Morgan fingerprint density at radius 2 is 1.63 bits per heavy atom. The van der Waals surface area contributed by atoms with Gasteiger partial charge in [0.2, 0.25) is 10.3 Å². The van der Waals surface area contributed by atoms with Crippen LogP contribution in [-0.2, 0) is 11.0 Å². The molecule has 1 aliphatic rings. The summed E-state index contributed by atoms with van der Waals surface area (Å²) in [5.74, 6) is -0.561. The molecular formula is C23H15F3N6OS2. The highest BCUT2D eigenvalue weighted by Crippen LogP contribution is 2.36. The van der Waals surface area contributed by atoms with E-state index in [1.165, 1.54) is 18.3 Å². The number of carbonyl (C=O) groups excluding carboxylic acids is 1. The summed E-state index contributed by atoms with van der Waals surface area (Å²) in [6.07, 6.45) is -4.58. The average molecular weight is 513 g/mol. The minimum atomic E-state index is -4.58. The minimum Gasteiger partial charge on any atom is -0.265 e. The highest BCUT2D eigenvalue weighted by Gasteiger charge is 2.37. The number of nitrogens with zero attached hydrogens (tertiary/aromatic N) is 5. The summed E-state index contributed by atoms with van der Waals surface area (Å²) in [6, 6.07) is 18.4. The smallest absolute Gasteiger partial charge is 0.265 e. The number of thiazole rings is 2. The highest BCUT2D eigenvalue weighted by molar-refractivity contribution is 7.15. The van der Waals surface area contributed by atoms with Crippen LogP contribution < -0.4 is 10.4 Å². The van der Waals surface area contributed by atoms with E-state index < -0.39 is 17.8 Å². The lowest BCUT2D eigenvalue weighted by Crippen LogP contribution is -2.28. The molecule has 7 nitrogen and oxygen atoms in total. The Balaban J connectivity index is 1.49. The molecule has 2 aromatic carbocycles. The summed E-state index contributed by atoms with van der Waals surface area (Å²) in [4.78, 5) is 21.4. The Bertz CT molecular complexity index is 1440. The molecule has 0 radical (unpaired) electrons. The third-order valence-electron chi connectivity index (χ3n) is 4.94. The predicted octanol–water partition coefficient (Wildman–Crippen LogP) is 5.81. The number of alkyl halides is 3. The summed E-state index contributed by atoms with van der Waals surface area (Å²) in [6.45, 7) is 1.32. The number of anilines is 2. The number of aromatic nitrogens is 2. The first-order valence-electron chi connectivity index (χ1n) is 10.2. The van der Waals surface area contributed by atoms with Gasteiger partial charge in [0.1, 0.15) is 5.71 Å². The third-order valence-corrected chi connectivity index (χ3v) is 6.63. The Hall–Kier alpha value is -3.90. The molecule has 2 aromatic heterocycles. The Morgan fingerprint density at radius 3 is 2.26 bits per heavy atom. The molecule has 1 N–H and O–H groups in total. The summed E-state index contributed by atoms with van der Waals surface area (Å²) < 4.78 is 39.3. The van der Waals surface area contributed by atoms with Crippen LogP contribution in [0.25, 0.3) is 11.3 Å². The lowest BCUT2D eigenvalue weighted by atomic mass is 10.1. The zero-order valence-electron chi connectivity index (χ0n) is 17.9. The summed E-state index contributed by atoms with van der Waals surface area (Å²) >= 11 is 2.04. The number of hydrogen-bond acceptors (Lipinski definition) is 8. The van der Waals surface area contributed by atoms with Crippen LogP contribution in [0, 0.1) is 6.92 Å². The van der Waals surface area contributed by atoms with E-state index in [0.29, 0.717) is 16.4 Å². The van der Waals surface area contributed by atoms with Crippen molar-refractivity contribution in [2.24, 2.45) is 10.2 Å². The molecule has 0 saturated carbocycles. The van der Waals surface area contributed by atoms with Crippen LogP contribution >= 0.6 is 22.7 Å². The molecule has 176 valence electrons. The van der Waals surface area contributed by atoms with Gasteiger partial charge in [-0.05, 0) is 6.92 Å². The van der Waals surface area contributed by atoms with Crippen molar-refractivity contribution in [3.63, 3.8) is 0 Å². The highest BCUT2D eigenvalue weighted by atomic mass is 32.1. The van der Waals surface area contributed by atoms with Crippen LogP contribution in [-0.4, -0.2) is 27.3 Å². The van der Waals surface area contributed by atoms with Gasteiger partial charge >= 0.3 is 12.1 Å². The molecule has 35 heavy (non-hydrogen) atoms. The minimum absolute atomic E-state index is 0.00671. The molecule has 3 heterocycles. The van der Waals surface area contributed by atoms with Gasteiger partial charge in [-0.3, -0.25) is 10.2 Å². The van der Waals surface area contributed by atoms with Crippen LogP contribution in [0.4, 0.5) is 23.4 Å². The van der Waals surface area contributed by atoms with Crippen LogP contribution in [0.3, 0.4) is 0 Å². The maximum absolute atomic E-state index is 13.3. The van der Waals surface area contributed by atoms with Gasteiger partial charge in [-0.25, -0.2) is 9.97 Å². The molecule has 0 saturated heterocycles. The summed E-state index contributed by atoms with van der Waals surface area (Å²) in [5.41, 5.74) is 3.93. The molecule has 4 aromatic rings. The van der Waals surface area contributed by atoms with Crippen molar-refractivity contribution in [2.45, 2.75) is 13.1 Å². The fraction of sp³-hybridized carbons (Fsp3) is 0.0870. The molecule has 5 rings (SSSR count). The van der Waals surface area contributed by atoms with Crippen molar-refractivity contribution in [1.29, 1.82) is 0 Å². The monoisotopic (exact) mass is 512 g/mol. The van der Waals surface area contributed by atoms with Gasteiger partial charge in [0.05, 0.1) is 5.69 Å². The van der Waals surface area contributed by atoms with Crippen molar-refractivity contribution >= 4 is 50.3 Å². The van der Waals surface area contributed by atoms with Gasteiger partial charge in [-0.15, -0.1) is 22.7 Å². The first-order valence-corrected chi connectivity index (χ1v) is 11.9. The number of amides is 1. The maximum Gasteiger partial charge on any atom is 0.434 e. The number of nitrogens with one attached hydrogen (secondary N) is 1. The van der Waals surface area contributed by atoms with Crippen LogP contribution in [0.15, 0.2) is 76.2 Å². The predicted molar refractivity (Wildman–Crippen MR) is 131 cm³/mol. The van der Waals surface area contributed by atoms with E-state index in [4.69, 9.17) is 0 Å². The number of aryl methyl sites for hydroxylation is 1. The van der Waals surface area contributed by atoms with Gasteiger partial charge in [-0.2, -0.15) is 28.4 Å². The van der Waals surface area contributed by atoms with Crippen LogP contribution in [0.5, 0.6) is 0 Å². The Kier molecular flexibility index (Phi) is 5.91. The molecule has 12 heteroatoms. The number of hydrazone groups is 2. The van der Waals surface area contributed by atoms with E-state index >= 15 is 0 Å². The number of rotatable bonds is 5. The molecular weight excluding hydrogens is 497 g/mol.